The fraction of sp³-hybridized carbons (Fsp3) is 0.312. The van der Waals surface area contributed by atoms with Gasteiger partial charge in [-0.25, -0.2) is 9.50 Å². The molecule has 0 fully saturated rings. The van der Waals surface area contributed by atoms with Gasteiger partial charge in [0.1, 0.15) is 11.9 Å². The highest BCUT2D eigenvalue weighted by molar-refractivity contribution is 5.93. The van der Waals surface area contributed by atoms with Crippen LogP contribution in [0.5, 0.6) is 0 Å². The zero-order chi connectivity index (χ0) is 15.9. The van der Waals surface area contributed by atoms with Crippen LogP contribution in [-0.4, -0.2) is 45.5 Å². The van der Waals surface area contributed by atoms with E-state index in [2.05, 4.69) is 15.4 Å². The number of rotatable bonds is 3. The molecule has 0 aliphatic carbocycles. The van der Waals surface area contributed by atoms with Crippen LogP contribution >= 0.6 is 0 Å². The number of amides is 1. The molecular weight excluding hydrogens is 278 g/mol. The Hall–Kier alpha value is -2.63. The Labute approximate surface area is 128 Å². The Morgan fingerprint density at radius 1 is 1.32 bits per heavy atom. The van der Waals surface area contributed by atoms with Crippen molar-refractivity contribution in [3.63, 3.8) is 0 Å². The van der Waals surface area contributed by atoms with E-state index in [1.54, 1.807) is 19.0 Å². The van der Waals surface area contributed by atoms with Crippen molar-refractivity contribution in [3.8, 4) is 0 Å². The number of carbonyl (C=O) groups excluding carboxylic acids is 1. The van der Waals surface area contributed by atoms with Crippen molar-refractivity contribution in [3.05, 3.63) is 36.0 Å². The van der Waals surface area contributed by atoms with Gasteiger partial charge in [0.25, 0.3) is 0 Å². The minimum atomic E-state index is -0.350. The Morgan fingerprint density at radius 2 is 2.05 bits per heavy atom. The fourth-order valence-corrected chi connectivity index (χ4v) is 2.54. The molecule has 1 amide bonds. The smallest absolute Gasteiger partial charge is 0.244 e. The lowest BCUT2D eigenvalue weighted by molar-refractivity contribution is -0.129. The SMILES string of the molecule is Cc1cc2nc(N[C@@H](C)C(=O)N(C)C)c3ccccc3n2n1. The number of hydrogen-bond acceptors (Lipinski definition) is 4. The standard InChI is InChI=1S/C16H19N5O/c1-10-9-14-18-15(17-11(2)16(22)20(3)4)12-7-5-6-8-13(12)21(14)19-10/h5-9,11H,1-4H3,(H,17,18)/t11-/m0/s1. The number of likely N-dealkylation sites (N-methyl/N-ethyl adjacent to an activating group) is 1. The number of nitrogens with one attached hydrogen (secondary N) is 1. The summed E-state index contributed by atoms with van der Waals surface area (Å²) >= 11 is 0. The molecule has 0 saturated carbocycles. The summed E-state index contributed by atoms with van der Waals surface area (Å²) in [6.07, 6.45) is 0. The van der Waals surface area contributed by atoms with Crippen molar-refractivity contribution in [2.45, 2.75) is 19.9 Å². The maximum absolute atomic E-state index is 12.1. The second-order valence-corrected chi connectivity index (χ2v) is 5.63. The molecule has 1 N–H and O–H groups in total. The van der Waals surface area contributed by atoms with E-state index in [4.69, 9.17) is 0 Å². The number of carbonyl (C=O) groups is 1. The summed E-state index contributed by atoms with van der Waals surface area (Å²) in [5, 5.41) is 8.64. The van der Waals surface area contributed by atoms with Crippen LogP contribution in [0.3, 0.4) is 0 Å². The summed E-state index contributed by atoms with van der Waals surface area (Å²) in [5.74, 6) is 0.709. The normalized spacial score (nSPS) is 12.5. The summed E-state index contributed by atoms with van der Waals surface area (Å²) in [5.41, 5.74) is 2.64. The predicted molar refractivity (Wildman–Crippen MR) is 87.0 cm³/mol. The van der Waals surface area contributed by atoms with Crippen LogP contribution in [0.1, 0.15) is 12.6 Å². The van der Waals surface area contributed by atoms with Crippen LogP contribution in [0.15, 0.2) is 30.3 Å². The lowest BCUT2D eigenvalue weighted by Crippen LogP contribution is -2.36. The minimum Gasteiger partial charge on any atom is -0.358 e. The second kappa shape index (κ2) is 5.29. The van der Waals surface area contributed by atoms with Gasteiger partial charge in [-0.2, -0.15) is 5.10 Å². The molecule has 3 aromatic rings. The molecule has 0 aliphatic heterocycles. The molecule has 6 nitrogen and oxygen atoms in total. The molecule has 2 heterocycles. The van der Waals surface area contributed by atoms with Gasteiger partial charge in [0.15, 0.2) is 5.65 Å². The highest BCUT2D eigenvalue weighted by Crippen LogP contribution is 2.24. The van der Waals surface area contributed by atoms with Crippen molar-refractivity contribution in [2.75, 3.05) is 19.4 Å². The van der Waals surface area contributed by atoms with Crippen molar-refractivity contribution in [1.82, 2.24) is 19.5 Å². The fourth-order valence-electron chi connectivity index (χ4n) is 2.54. The number of aromatic nitrogens is 3. The van der Waals surface area contributed by atoms with E-state index in [9.17, 15) is 4.79 Å². The van der Waals surface area contributed by atoms with E-state index in [1.807, 2.05) is 48.7 Å². The molecule has 2 aromatic heterocycles. The Balaban J connectivity index is 2.13. The van der Waals surface area contributed by atoms with Crippen molar-refractivity contribution in [1.29, 1.82) is 0 Å². The second-order valence-electron chi connectivity index (χ2n) is 5.63. The topological polar surface area (TPSA) is 62.5 Å². The predicted octanol–water partition coefficient (Wildman–Crippen LogP) is 2.08. The van der Waals surface area contributed by atoms with Crippen molar-refractivity contribution >= 4 is 28.3 Å². The average molecular weight is 297 g/mol. The molecule has 0 radical (unpaired) electrons. The third kappa shape index (κ3) is 2.36. The van der Waals surface area contributed by atoms with Gasteiger partial charge in [-0.15, -0.1) is 0 Å². The monoisotopic (exact) mass is 297 g/mol. The van der Waals surface area contributed by atoms with Crippen LogP contribution in [0.4, 0.5) is 5.82 Å². The molecule has 0 saturated heterocycles. The molecule has 22 heavy (non-hydrogen) atoms. The third-order valence-corrected chi connectivity index (χ3v) is 3.59. The summed E-state index contributed by atoms with van der Waals surface area (Å²) in [7, 11) is 3.49. The molecule has 3 rings (SSSR count). The van der Waals surface area contributed by atoms with Crippen LogP contribution < -0.4 is 5.32 Å². The first-order valence-corrected chi connectivity index (χ1v) is 7.20. The van der Waals surface area contributed by atoms with Crippen molar-refractivity contribution in [2.24, 2.45) is 0 Å². The summed E-state index contributed by atoms with van der Waals surface area (Å²) in [4.78, 5) is 18.3. The quantitative estimate of drug-likeness (QED) is 0.804. The maximum Gasteiger partial charge on any atom is 0.244 e. The summed E-state index contributed by atoms with van der Waals surface area (Å²) < 4.78 is 1.83. The van der Waals surface area contributed by atoms with Crippen LogP contribution in [0, 0.1) is 6.92 Å². The molecule has 0 bridgehead atoms. The van der Waals surface area contributed by atoms with Gasteiger partial charge in [0.05, 0.1) is 11.2 Å². The van der Waals surface area contributed by atoms with Gasteiger partial charge >= 0.3 is 0 Å². The molecule has 0 spiro atoms. The van der Waals surface area contributed by atoms with E-state index in [-0.39, 0.29) is 11.9 Å². The van der Waals surface area contributed by atoms with Crippen LogP contribution in [-0.2, 0) is 4.79 Å². The lowest BCUT2D eigenvalue weighted by Gasteiger charge is -2.19. The molecule has 1 atom stereocenters. The number of benzene rings is 1. The van der Waals surface area contributed by atoms with Gasteiger partial charge in [0.2, 0.25) is 5.91 Å². The average Bonchev–Trinajstić information content (AvgIpc) is 2.87. The highest BCUT2D eigenvalue weighted by Gasteiger charge is 2.17. The molecular formula is C16H19N5O. The Kier molecular flexibility index (Phi) is 3.44. The van der Waals surface area contributed by atoms with E-state index < -0.39 is 0 Å². The highest BCUT2D eigenvalue weighted by atomic mass is 16.2. The van der Waals surface area contributed by atoms with Gasteiger partial charge in [-0.1, -0.05) is 12.1 Å². The molecule has 1 aromatic carbocycles. The number of aryl methyl sites for hydroxylation is 1. The van der Waals surface area contributed by atoms with Crippen LogP contribution in [0.2, 0.25) is 0 Å². The van der Waals surface area contributed by atoms with Crippen LogP contribution in [0.25, 0.3) is 16.6 Å². The number of para-hydroxylation sites is 1. The number of anilines is 1. The minimum absolute atomic E-state index is 0.00967. The van der Waals surface area contributed by atoms with Gasteiger partial charge in [-0.05, 0) is 26.0 Å². The van der Waals surface area contributed by atoms with E-state index in [0.717, 1.165) is 22.2 Å². The van der Waals surface area contributed by atoms with Crippen molar-refractivity contribution < 1.29 is 4.79 Å². The largest absolute Gasteiger partial charge is 0.358 e. The molecule has 6 heteroatoms. The first-order chi connectivity index (χ1) is 10.5. The molecule has 0 unspecified atom stereocenters. The summed E-state index contributed by atoms with van der Waals surface area (Å²) in [6, 6.07) is 9.48. The molecule has 0 aliphatic rings. The van der Waals surface area contributed by atoms with E-state index in [1.165, 1.54) is 0 Å². The number of fused-ring (bicyclic) bond motifs is 3. The van der Waals surface area contributed by atoms with E-state index >= 15 is 0 Å². The number of hydrogen-bond donors (Lipinski definition) is 1. The Bertz CT molecular complexity index is 852. The van der Waals surface area contributed by atoms with Gasteiger partial charge in [0, 0.05) is 25.5 Å². The summed E-state index contributed by atoms with van der Waals surface area (Å²) in [6.45, 7) is 3.78. The third-order valence-electron chi connectivity index (χ3n) is 3.59. The first-order valence-electron chi connectivity index (χ1n) is 7.20. The maximum atomic E-state index is 12.1. The zero-order valence-electron chi connectivity index (χ0n) is 13.2. The number of nitrogens with zero attached hydrogens (tertiary/aromatic N) is 4. The Morgan fingerprint density at radius 3 is 2.77 bits per heavy atom. The van der Waals surface area contributed by atoms with Gasteiger partial charge in [-0.3, -0.25) is 4.79 Å². The lowest BCUT2D eigenvalue weighted by atomic mass is 10.2. The molecule has 114 valence electrons. The first kappa shape index (κ1) is 14.3. The van der Waals surface area contributed by atoms with E-state index in [0.29, 0.717) is 5.82 Å². The zero-order valence-corrected chi connectivity index (χ0v) is 13.2. The van der Waals surface area contributed by atoms with Gasteiger partial charge < -0.3 is 10.2 Å².